The Morgan fingerprint density at radius 1 is 1.16 bits per heavy atom. The van der Waals surface area contributed by atoms with Crippen LogP contribution < -0.4 is 16.4 Å². The molecule has 2 amide bonds. The van der Waals surface area contributed by atoms with Gasteiger partial charge < -0.3 is 16.4 Å². The first-order valence-corrected chi connectivity index (χ1v) is 9.99. The number of rotatable bonds is 7. The van der Waals surface area contributed by atoms with E-state index in [1.54, 1.807) is 47.3 Å². The van der Waals surface area contributed by atoms with Gasteiger partial charge in [-0.3, -0.25) is 14.4 Å². The normalized spacial score (nSPS) is 13.1. The lowest BCUT2D eigenvalue weighted by Gasteiger charge is -2.19. The molecule has 9 nitrogen and oxygen atoms in total. The van der Waals surface area contributed by atoms with E-state index >= 15 is 0 Å². The molecule has 0 saturated heterocycles. The van der Waals surface area contributed by atoms with E-state index in [-0.39, 0.29) is 18.8 Å². The first-order chi connectivity index (χ1) is 15.0. The van der Waals surface area contributed by atoms with Crippen molar-refractivity contribution in [1.82, 2.24) is 20.1 Å². The molecule has 32 heavy (non-hydrogen) atoms. The highest BCUT2D eigenvalue weighted by Gasteiger charge is 2.24. The molecule has 4 N–H and O–H groups in total. The van der Waals surface area contributed by atoms with Crippen LogP contribution in [0.15, 0.2) is 54.9 Å². The summed E-state index contributed by atoms with van der Waals surface area (Å²) >= 11 is 0. The number of halogens is 1. The maximum Gasteiger partial charge on any atom is 0.284 e. The lowest BCUT2D eigenvalue weighted by Crippen LogP contribution is -2.34. The number of ketones is 1. The molecule has 1 unspecified atom stereocenters. The topological polar surface area (TPSA) is 132 Å². The summed E-state index contributed by atoms with van der Waals surface area (Å²) in [4.78, 5) is 40.8. The molecule has 0 radical (unpaired) electrons. The van der Waals surface area contributed by atoms with Gasteiger partial charge in [-0.05, 0) is 30.5 Å². The number of Topliss-reactive ketones (excluding diaryl/α,β-unsaturated/α-hetero) is 1. The Morgan fingerprint density at radius 3 is 2.66 bits per heavy atom. The van der Waals surface area contributed by atoms with E-state index in [4.69, 9.17) is 5.73 Å². The summed E-state index contributed by atoms with van der Waals surface area (Å²) in [6, 6.07) is 11.5. The molecule has 0 bridgehead atoms. The fourth-order valence-electron chi connectivity index (χ4n) is 3.55. The highest BCUT2D eigenvalue weighted by atomic mass is 35.5. The predicted molar refractivity (Wildman–Crippen MR) is 121 cm³/mol. The van der Waals surface area contributed by atoms with Crippen molar-refractivity contribution in [3.8, 4) is 5.82 Å². The Labute approximate surface area is 190 Å². The monoisotopic (exact) mass is 454 g/mol. The third-order valence-electron chi connectivity index (χ3n) is 5.12. The number of primary amides is 1. The van der Waals surface area contributed by atoms with Crippen LogP contribution in [0.3, 0.4) is 0 Å². The molecule has 0 fully saturated rings. The minimum absolute atomic E-state index is 0. The minimum atomic E-state index is -1.04. The van der Waals surface area contributed by atoms with E-state index in [2.05, 4.69) is 20.7 Å². The molecule has 1 atom stereocenters. The van der Waals surface area contributed by atoms with Gasteiger partial charge in [0.05, 0.1) is 29.2 Å². The maximum absolute atomic E-state index is 13.2. The molecular weight excluding hydrogens is 432 g/mol. The van der Waals surface area contributed by atoms with Gasteiger partial charge in [-0.25, -0.2) is 9.67 Å². The number of hydrogen-bond acceptors (Lipinski definition) is 6. The van der Waals surface area contributed by atoms with Crippen LogP contribution in [0, 0.1) is 0 Å². The minimum Gasteiger partial charge on any atom is -0.382 e. The van der Waals surface area contributed by atoms with Gasteiger partial charge in [-0.15, -0.1) is 12.4 Å². The Balaban J connectivity index is 0.00000289. The average Bonchev–Trinajstić information content (AvgIpc) is 3.23. The molecule has 10 heteroatoms. The second-order valence-corrected chi connectivity index (χ2v) is 7.27. The Morgan fingerprint density at radius 2 is 1.94 bits per heavy atom. The van der Waals surface area contributed by atoms with Gasteiger partial charge in [0.1, 0.15) is 0 Å². The van der Waals surface area contributed by atoms with E-state index in [0.717, 1.165) is 30.8 Å². The number of nitrogens with one attached hydrogen (secondary N) is 2. The van der Waals surface area contributed by atoms with Crippen molar-refractivity contribution >= 4 is 35.7 Å². The van der Waals surface area contributed by atoms with Crippen LogP contribution in [-0.2, 0) is 16.0 Å². The van der Waals surface area contributed by atoms with Crippen molar-refractivity contribution in [3.63, 3.8) is 0 Å². The van der Waals surface area contributed by atoms with Crippen molar-refractivity contribution in [2.45, 2.75) is 25.3 Å². The molecule has 3 heterocycles. The zero-order valence-electron chi connectivity index (χ0n) is 17.2. The molecular formula is C22H23ClN6O3. The zero-order chi connectivity index (χ0) is 21.8. The Bertz CT molecular complexity index is 1110. The number of aromatic nitrogens is 3. The van der Waals surface area contributed by atoms with E-state index in [9.17, 15) is 14.4 Å². The van der Waals surface area contributed by atoms with Crippen molar-refractivity contribution in [3.05, 3.63) is 71.7 Å². The molecule has 1 aliphatic rings. The van der Waals surface area contributed by atoms with Crippen LogP contribution in [0.4, 0.5) is 5.69 Å². The number of fused-ring (bicyclic) bond motifs is 1. The average molecular weight is 455 g/mol. The smallest absolute Gasteiger partial charge is 0.284 e. The molecule has 4 rings (SSSR count). The second-order valence-electron chi connectivity index (χ2n) is 7.27. The quantitative estimate of drug-likeness (QED) is 0.467. The number of carbonyl (C=O) groups excluding carboxylic acids is 3. The molecule has 3 aromatic rings. The first-order valence-electron chi connectivity index (χ1n) is 9.99. The summed E-state index contributed by atoms with van der Waals surface area (Å²) in [5.41, 5.74) is 7.97. The lowest BCUT2D eigenvalue weighted by atomic mass is 10.0. The van der Waals surface area contributed by atoms with E-state index in [1.807, 2.05) is 12.3 Å². The number of anilines is 1. The number of nitrogens with two attached hydrogens (primary N) is 1. The first kappa shape index (κ1) is 23.0. The summed E-state index contributed by atoms with van der Waals surface area (Å²) in [5.74, 6) is -1.85. The number of carbonyl (C=O) groups is 3. The van der Waals surface area contributed by atoms with Gasteiger partial charge in [0, 0.05) is 19.2 Å². The fourth-order valence-corrected chi connectivity index (χ4v) is 3.55. The lowest BCUT2D eigenvalue weighted by molar-refractivity contribution is -0.136. The standard InChI is InChI=1S/C22H22N6O3.ClH/c23-20(30)19(29)12-17(14-6-2-1-3-7-14)26-22(31)15-8-4-11-25-21(15)28-13-18-16(27-28)9-5-10-24-18;/h1-4,6-8,11,13,17,24H,5,9-10,12H2,(H2,23,30)(H,26,31);1H. The summed E-state index contributed by atoms with van der Waals surface area (Å²) in [6.07, 6.45) is 5.02. The largest absolute Gasteiger partial charge is 0.382 e. The predicted octanol–water partition coefficient (Wildman–Crippen LogP) is 1.96. The van der Waals surface area contributed by atoms with Gasteiger partial charge in [0.2, 0.25) is 5.78 Å². The van der Waals surface area contributed by atoms with Crippen molar-refractivity contribution < 1.29 is 14.4 Å². The molecule has 0 spiro atoms. The van der Waals surface area contributed by atoms with Crippen LogP contribution in [-0.4, -0.2) is 38.9 Å². The van der Waals surface area contributed by atoms with Crippen LogP contribution in [0.5, 0.6) is 0 Å². The number of pyridine rings is 1. The second kappa shape index (κ2) is 10.1. The summed E-state index contributed by atoms with van der Waals surface area (Å²) < 4.78 is 1.59. The third-order valence-corrected chi connectivity index (χ3v) is 5.12. The van der Waals surface area contributed by atoms with Crippen LogP contribution in [0.2, 0.25) is 0 Å². The summed E-state index contributed by atoms with van der Waals surface area (Å²) in [5, 5.41) is 10.7. The molecule has 2 aromatic heterocycles. The summed E-state index contributed by atoms with van der Waals surface area (Å²) in [6.45, 7) is 0.876. The summed E-state index contributed by atoms with van der Waals surface area (Å²) in [7, 11) is 0. The highest BCUT2D eigenvalue weighted by Crippen LogP contribution is 2.23. The van der Waals surface area contributed by atoms with Gasteiger partial charge in [0.25, 0.3) is 11.8 Å². The highest BCUT2D eigenvalue weighted by molar-refractivity contribution is 6.35. The van der Waals surface area contributed by atoms with Crippen molar-refractivity contribution in [2.24, 2.45) is 5.73 Å². The fraction of sp³-hybridized carbons (Fsp3) is 0.227. The van der Waals surface area contributed by atoms with Crippen LogP contribution >= 0.6 is 12.4 Å². The molecule has 1 aromatic carbocycles. The van der Waals surface area contributed by atoms with Gasteiger partial charge in [-0.2, -0.15) is 5.10 Å². The SMILES string of the molecule is Cl.NC(=O)C(=O)CC(NC(=O)c1cccnc1-n1cc2c(n1)CCCN2)c1ccccc1. The number of aryl methyl sites for hydroxylation is 1. The van der Waals surface area contributed by atoms with Crippen LogP contribution in [0.1, 0.15) is 40.5 Å². The third kappa shape index (κ3) is 4.94. The van der Waals surface area contributed by atoms with Crippen LogP contribution in [0.25, 0.3) is 5.82 Å². The van der Waals surface area contributed by atoms with E-state index in [0.29, 0.717) is 16.9 Å². The molecule has 1 aliphatic heterocycles. The Kier molecular flexibility index (Phi) is 7.21. The zero-order valence-corrected chi connectivity index (χ0v) is 18.0. The van der Waals surface area contributed by atoms with Gasteiger partial charge in [-0.1, -0.05) is 30.3 Å². The maximum atomic E-state index is 13.2. The molecule has 0 saturated carbocycles. The number of benzene rings is 1. The number of nitrogens with zero attached hydrogens (tertiary/aromatic N) is 3. The van der Waals surface area contributed by atoms with Crippen molar-refractivity contribution in [2.75, 3.05) is 11.9 Å². The van der Waals surface area contributed by atoms with Gasteiger partial charge >= 0.3 is 0 Å². The molecule has 0 aliphatic carbocycles. The van der Waals surface area contributed by atoms with Gasteiger partial charge in [0.15, 0.2) is 5.82 Å². The van der Waals surface area contributed by atoms with E-state index < -0.39 is 23.6 Å². The number of amides is 2. The van der Waals surface area contributed by atoms with E-state index in [1.165, 1.54) is 0 Å². The Hall–Kier alpha value is -3.72. The molecule has 166 valence electrons. The van der Waals surface area contributed by atoms with Crippen molar-refractivity contribution in [1.29, 1.82) is 0 Å². The number of hydrogen-bond donors (Lipinski definition) is 3.